The van der Waals surface area contributed by atoms with Crippen LogP contribution in [0.4, 0.5) is 0 Å². The minimum Gasteiger partial charge on any atom is -0.465 e. The second kappa shape index (κ2) is 2.48. The fourth-order valence-corrected chi connectivity index (χ4v) is 1.77. The van der Waals surface area contributed by atoms with Crippen molar-refractivity contribution in [2.45, 2.75) is 19.3 Å². The van der Waals surface area contributed by atoms with Gasteiger partial charge in [-0.25, -0.2) is 0 Å². The van der Waals surface area contributed by atoms with E-state index < -0.39 is 0 Å². The minimum absolute atomic E-state index is 0.0353. The fraction of sp³-hybridized carbons (Fsp3) is 0.875. The first-order valence-corrected chi connectivity index (χ1v) is 4.04. The van der Waals surface area contributed by atoms with Gasteiger partial charge in [-0.3, -0.25) is 4.79 Å². The standard InChI is InChI=1S/C8H12O3/c9-7-5-8(6-11-7)1-3-10-4-2-8/h1-6H2. The molecule has 2 aliphatic heterocycles. The van der Waals surface area contributed by atoms with Gasteiger partial charge in [0.25, 0.3) is 0 Å². The van der Waals surface area contributed by atoms with Gasteiger partial charge in [-0.05, 0) is 12.8 Å². The predicted octanol–water partition coefficient (Wildman–Crippen LogP) is 0.730. The Hall–Kier alpha value is -0.570. The Morgan fingerprint density at radius 3 is 2.55 bits per heavy atom. The van der Waals surface area contributed by atoms with E-state index in [4.69, 9.17) is 9.47 Å². The van der Waals surface area contributed by atoms with E-state index in [9.17, 15) is 4.79 Å². The predicted molar refractivity (Wildman–Crippen MR) is 38.1 cm³/mol. The van der Waals surface area contributed by atoms with Gasteiger partial charge < -0.3 is 9.47 Å². The van der Waals surface area contributed by atoms with E-state index in [0.29, 0.717) is 13.0 Å². The summed E-state index contributed by atoms with van der Waals surface area (Å²) in [5.41, 5.74) is 0.148. The van der Waals surface area contributed by atoms with Crippen molar-refractivity contribution in [1.29, 1.82) is 0 Å². The van der Waals surface area contributed by atoms with Crippen molar-refractivity contribution < 1.29 is 14.3 Å². The summed E-state index contributed by atoms with van der Waals surface area (Å²) in [6, 6.07) is 0. The van der Waals surface area contributed by atoms with Crippen LogP contribution < -0.4 is 0 Å². The SMILES string of the molecule is O=C1CC2(CCOCC2)CO1. The van der Waals surface area contributed by atoms with Crippen molar-refractivity contribution in [1.82, 2.24) is 0 Å². The molecule has 0 radical (unpaired) electrons. The number of cyclic esters (lactones) is 1. The Balaban J connectivity index is 2.03. The lowest BCUT2D eigenvalue weighted by Gasteiger charge is -2.29. The highest BCUT2D eigenvalue weighted by atomic mass is 16.5. The average Bonchev–Trinajstić information content (AvgIpc) is 2.34. The number of carbonyl (C=O) groups excluding carboxylic acids is 1. The molecular formula is C8H12O3. The highest BCUT2D eigenvalue weighted by molar-refractivity contribution is 5.72. The zero-order valence-electron chi connectivity index (χ0n) is 6.47. The van der Waals surface area contributed by atoms with Gasteiger partial charge >= 0.3 is 5.97 Å². The molecule has 0 N–H and O–H groups in total. The molecule has 0 aromatic rings. The molecule has 0 bridgehead atoms. The lowest BCUT2D eigenvalue weighted by molar-refractivity contribution is -0.137. The van der Waals surface area contributed by atoms with Crippen molar-refractivity contribution in [3.8, 4) is 0 Å². The van der Waals surface area contributed by atoms with E-state index in [0.717, 1.165) is 26.1 Å². The van der Waals surface area contributed by atoms with Crippen LogP contribution in [0.2, 0.25) is 0 Å². The second-order valence-corrected chi connectivity index (χ2v) is 3.45. The summed E-state index contributed by atoms with van der Waals surface area (Å²) in [7, 11) is 0. The number of hydrogen-bond acceptors (Lipinski definition) is 3. The van der Waals surface area contributed by atoms with Crippen LogP contribution in [0.15, 0.2) is 0 Å². The van der Waals surface area contributed by atoms with Crippen molar-refractivity contribution in [2.24, 2.45) is 5.41 Å². The van der Waals surface area contributed by atoms with E-state index in [1.807, 2.05) is 0 Å². The highest BCUT2D eigenvalue weighted by Crippen LogP contribution is 2.38. The quantitative estimate of drug-likeness (QED) is 0.485. The van der Waals surface area contributed by atoms with Gasteiger partial charge in [-0.1, -0.05) is 0 Å². The number of hydrogen-bond donors (Lipinski definition) is 0. The third-order valence-corrected chi connectivity index (χ3v) is 2.61. The molecule has 2 heterocycles. The first-order chi connectivity index (χ1) is 5.31. The summed E-state index contributed by atoms with van der Waals surface area (Å²) in [4.78, 5) is 10.9. The molecule has 11 heavy (non-hydrogen) atoms. The van der Waals surface area contributed by atoms with Crippen LogP contribution in [0.1, 0.15) is 19.3 Å². The largest absolute Gasteiger partial charge is 0.465 e. The topological polar surface area (TPSA) is 35.5 Å². The Morgan fingerprint density at radius 2 is 2.00 bits per heavy atom. The summed E-state index contributed by atoms with van der Waals surface area (Å²) >= 11 is 0. The number of ether oxygens (including phenoxy) is 2. The van der Waals surface area contributed by atoms with Crippen LogP contribution in [0, 0.1) is 5.41 Å². The van der Waals surface area contributed by atoms with E-state index in [2.05, 4.69) is 0 Å². The zero-order valence-corrected chi connectivity index (χ0v) is 6.47. The molecule has 0 atom stereocenters. The van der Waals surface area contributed by atoms with Crippen LogP contribution in [-0.2, 0) is 14.3 Å². The van der Waals surface area contributed by atoms with Crippen molar-refractivity contribution in [3.05, 3.63) is 0 Å². The van der Waals surface area contributed by atoms with Crippen LogP contribution in [0.3, 0.4) is 0 Å². The lowest BCUT2D eigenvalue weighted by Crippen LogP contribution is -2.29. The minimum atomic E-state index is -0.0353. The smallest absolute Gasteiger partial charge is 0.306 e. The average molecular weight is 156 g/mol. The molecule has 0 aromatic heterocycles. The summed E-state index contributed by atoms with van der Waals surface area (Å²) in [5, 5.41) is 0. The number of carbonyl (C=O) groups is 1. The summed E-state index contributed by atoms with van der Waals surface area (Å²) < 4.78 is 10.2. The molecule has 1 spiro atoms. The molecule has 3 nitrogen and oxygen atoms in total. The highest BCUT2D eigenvalue weighted by Gasteiger charge is 2.41. The van der Waals surface area contributed by atoms with Gasteiger partial charge in [0.05, 0.1) is 13.0 Å². The maximum Gasteiger partial charge on any atom is 0.306 e. The van der Waals surface area contributed by atoms with Gasteiger partial charge in [0.1, 0.15) is 0 Å². The number of rotatable bonds is 0. The molecule has 0 aromatic carbocycles. The molecule has 0 unspecified atom stereocenters. The molecule has 0 amide bonds. The molecule has 2 saturated heterocycles. The van der Waals surface area contributed by atoms with Crippen LogP contribution in [0.5, 0.6) is 0 Å². The summed E-state index contributed by atoms with van der Waals surface area (Å²) in [6.07, 6.45) is 2.58. The molecule has 3 heteroatoms. The van der Waals surface area contributed by atoms with Gasteiger partial charge in [0.15, 0.2) is 0 Å². The second-order valence-electron chi connectivity index (χ2n) is 3.45. The maximum absolute atomic E-state index is 10.9. The molecule has 2 aliphatic rings. The first-order valence-electron chi connectivity index (χ1n) is 4.04. The Morgan fingerprint density at radius 1 is 1.27 bits per heavy atom. The Kier molecular flexibility index (Phi) is 1.60. The third-order valence-electron chi connectivity index (χ3n) is 2.61. The van der Waals surface area contributed by atoms with Crippen LogP contribution >= 0.6 is 0 Å². The van der Waals surface area contributed by atoms with E-state index in [-0.39, 0.29) is 11.4 Å². The molecule has 0 aliphatic carbocycles. The van der Waals surface area contributed by atoms with Crippen molar-refractivity contribution >= 4 is 5.97 Å². The number of esters is 1. The zero-order chi connectivity index (χ0) is 7.73. The van der Waals surface area contributed by atoms with Gasteiger partial charge in [0, 0.05) is 18.6 Å². The molecular weight excluding hydrogens is 144 g/mol. The van der Waals surface area contributed by atoms with Crippen LogP contribution in [-0.4, -0.2) is 25.8 Å². The molecule has 2 fully saturated rings. The van der Waals surface area contributed by atoms with Gasteiger partial charge in [-0.2, -0.15) is 0 Å². The third kappa shape index (κ3) is 1.25. The van der Waals surface area contributed by atoms with E-state index in [1.165, 1.54) is 0 Å². The lowest BCUT2D eigenvalue weighted by atomic mass is 9.80. The van der Waals surface area contributed by atoms with Crippen LogP contribution in [0.25, 0.3) is 0 Å². The van der Waals surface area contributed by atoms with Crippen molar-refractivity contribution in [3.63, 3.8) is 0 Å². The monoisotopic (exact) mass is 156 g/mol. The molecule has 2 rings (SSSR count). The van der Waals surface area contributed by atoms with Gasteiger partial charge in [0.2, 0.25) is 0 Å². The first kappa shape index (κ1) is 7.10. The van der Waals surface area contributed by atoms with Gasteiger partial charge in [-0.15, -0.1) is 0 Å². The Bertz CT molecular complexity index is 170. The maximum atomic E-state index is 10.9. The van der Waals surface area contributed by atoms with Crippen molar-refractivity contribution in [2.75, 3.05) is 19.8 Å². The molecule has 62 valence electrons. The normalized spacial score (nSPS) is 28.9. The van der Waals surface area contributed by atoms with E-state index >= 15 is 0 Å². The van der Waals surface area contributed by atoms with E-state index in [1.54, 1.807) is 0 Å². The fourth-order valence-electron chi connectivity index (χ4n) is 1.77. The Labute approximate surface area is 65.7 Å². The summed E-state index contributed by atoms with van der Waals surface area (Å²) in [5.74, 6) is -0.0353. The molecule has 0 saturated carbocycles. The summed E-state index contributed by atoms with van der Waals surface area (Å²) in [6.45, 7) is 2.20.